The molecule has 0 unspecified atom stereocenters. The minimum absolute atomic E-state index is 0.0650. The Labute approximate surface area is 169 Å². The van der Waals surface area contributed by atoms with Crippen LogP contribution in [0.2, 0.25) is 0 Å². The summed E-state index contributed by atoms with van der Waals surface area (Å²) in [6, 6.07) is 11.3. The van der Waals surface area contributed by atoms with Gasteiger partial charge in [0, 0.05) is 38.8 Å². The molecule has 1 saturated heterocycles. The van der Waals surface area contributed by atoms with E-state index in [0.29, 0.717) is 30.2 Å². The van der Waals surface area contributed by atoms with Gasteiger partial charge in [0.25, 0.3) is 5.91 Å². The van der Waals surface area contributed by atoms with Gasteiger partial charge in [0.1, 0.15) is 5.69 Å². The topological polar surface area (TPSA) is 83.8 Å². The summed E-state index contributed by atoms with van der Waals surface area (Å²) >= 11 is 0. The smallest absolute Gasteiger partial charge is 0.274 e. The van der Waals surface area contributed by atoms with Crippen molar-refractivity contribution in [1.29, 1.82) is 0 Å². The number of aromatic nitrogens is 2. The van der Waals surface area contributed by atoms with Crippen LogP contribution in [0, 0.1) is 0 Å². The maximum absolute atomic E-state index is 12.8. The van der Waals surface area contributed by atoms with Crippen molar-refractivity contribution in [1.82, 2.24) is 20.0 Å². The molecular weight excluding hydrogens is 372 g/mol. The van der Waals surface area contributed by atoms with Gasteiger partial charge in [-0.15, -0.1) is 0 Å². The zero-order valence-electron chi connectivity index (χ0n) is 16.6. The number of aromatic amines is 1. The molecule has 1 N–H and O–H groups in total. The van der Waals surface area contributed by atoms with E-state index in [0.717, 1.165) is 36.7 Å². The molecule has 0 radical (unpaired) electrons. The van der Waals surface area contributed by atoms with Gasteiger partial charge in [-0.3, -0.25) is 14.8 Å². The minimum Gasteiger partial charge on any atom is -0.493 e. The maximum atomic E-state index is 12.8. The first kappa shape index (κ1) is 19.1. The van der Waals surface area contributed by atoms with Gasteiger partial charge in [0.15, 0.2) is 23.0 Å². The Kier molecular flexibility index (Phi) is 5.53. The quantitative estimate of drug-likeness (QED) is 0.690. The molecule has 0 atom stereocenters. The van der Waals surface area contributed by atoms with Gasteiger partial charge in [0.05, 0.1) is 20.5 Å². The van der Waals surface area contributed by atoms with Crippen molar-refractivity contribution in [2.75, 3.05) is 40.4 Å². The average molecular weight is 396 g/mol. The van der Waals surface area contributed by atoms with E-state index in [-0.39, 0.29) is 5.91 Å². The number of benzene rings is 1. The predicted molar refractivity (Wildman–Crippen MR) is 107 cm³/mol. The Morgan fingerprint density at radius 1 is 1.10 bits per heavy atom. The highest BCUT2D eigenvalue weighted by Crippen LogP contribution is 2.28. The fourth-order valence-electron chi connectivity index (χ4n) is 3.50. The van der Waals surface area contributed by atoms with Crippen molar-refractivity contribution in [2.24, 2.45) is 0 Å². The molecule has 0 spiro atoms. The number of nitrogens with one attached hydrogen (secondary N) is 1. The molecule has 3 heterocycles. The van der Waals surface area contributed by atoms with Crippen LogP contribution in [-0.2, 0) is 6.54 Å². The van der Waals surface area contributed by atoms with Crippen LogP contribution in [0.1, 0.15) is 16.1 Å². The number of ether oxygens (including phenoxy) is 2. The molecule has 4 rings (SSSR count). The van der Waals surface area contributed by atoms with Crippen LogP contribution in [0.5, 0.6) is 11.5 Å². The number of hydrogen-bond donors (Lipinski definition) is 1. The van der Waals surface area contributed by atoms with Crippen LogP contribution in [0.15, 0.2) is 47.1 Å². The van der Waals surface area contributed by atoms with Crippen molar-refractivity contribution in [2.45, 2.75) is 6.54 Å². The van der Waals surface area contributed by atoms with Crippen LogP contribution in [-0.4, -0.2) is 66.3 Å². The van der Waals surface area contributed by atoms with Crippen molar-refractivity contribution in [3.8, 4) is 23.0 Å². The zero-order valence-corrected chi connectivity index (χ0v) is 16.6. The lowest BCUT2D eigenvalue weighted by Crippen LogP contribution is -2.48. The number of rotatable bonds is 6. The van der Waals surface area contributed by atoms with E-state index in [1.165, 1.54) is 0 Å². The SMILES string of the molecule is COc1ccc(CN2CCN(C(=O)c3cc(-c4ccco4)[nH]n3)CC2)cc1OC. The van der Waals surface area contributed by atoms with Crippen molar-refractivity contribution in [3.63, 3.8) is 0 Å². The van der Waals surface area contributed by atoms with E-state index >= 15 is 0 Å². The average Bonchev–Trinajstić information content (AvgIpc) is 3.45. The van der Waals surface area contributed by atoms with Gasteiger partial charge in [-0.05, 0) is 29.8 Å². The van der Waals surface area contributed by atoms with E-state index < -0.39 is 0 Å². The van der Waals surface area contributed by atoms with E-state index in [9.17, 15) is 4.79 Å². The summed E-state index contributed by atoms with van der Waals surface area (Å²) in [7, 11) is 3.27. The predicted octanol–water partition coefficient (Wildman–Crippen LogP) is 2.64. The van der Waals surface area contributed by atoms with Crippen LogP contribution in [0.4, 0.5) is 0 Å². The number of nitrogens with zero attached hydrogens (tertiary/aromatic N) is 3. The van der Waals surface area contributed by atoms with Crippen LogP contribution >= 0.6 is 0 Å². The molecule has 1 aliphatic rings. The third-order valence-electron chi connectivity index (χ3n) is 5.10. The summed E-state index contributed by atoms with van der Waals surface area (Å²) in [5.74, 6) is 2.05. The van der Waals surface area contributed by atoms with E-state index in [2.05, 4.69) is 15.1 Å². The lowest BCUT2D eigenvalue weighted by Gasteiger charge is -2.34. The van der Waals surface area contributed by atoms with E-state index in [1.54, 1.807) is 32.6 Å². The van der Waals surface area contributed by atoms with Gasteiger partial charge in [-0.25, -0.2) is 0 Å². The Balaban J connectivity index is 1.34. The fraction of sp³-hybridized carbons (Fsp3) is 0.333. The highest BCUT2D eigenvalue weighted by atomic mass is 16.5. The molecule has 8 nitrogen and oxygen atoms in total. The Hall–Kier alpha value is -3.26. The van der Waals surface area contributed by atoms with Gasteiger partial charge in [-0.2, -0.15) is 5.10 Å². The van der Waals surface area contributed by atoms with Gasteiger partial charge < -0.3 is 18.8 Å². The van der Waals surface area contributed by atoms with Crippen molar-refractivity contribution in [3.05, 3.63) is 53.9 Å². The first-order valence-corrected chi connectivity index (χ1v) is 9.49. The first-order valence-electron chi connectivity index (χ1n) is 9.49. The van der Waals surface area contributed by atoms with E-state index in [4.69, 9.17) is 13.9 Å². The molecule has 8 heteroatoms. The van der Waals surface area contributed by atoms with Crippen LogP contribution < -0.4 is 9.47 Å². The standard InChI is InChI=1S/C21H24N4O4/c1-27-19-6-5-15(12-20(19)28-2)14-24-7-9-25(10-8-24)21(26)17-13-16(22-23-17)18-4-3-11-29-18/h3-6,11-13H,7-10,14H2,1-2H3,(H,22,23). The summed E-state index contributed by atoms with van der Waals surface area (Å²) in [5.41, 5.74) is 2.26. The van der Waals surface area contributed by atoms with Crippen LogP contribution in [0.25, 0.3) is 11.5 Å². The third kappa shape index (κ3) is 4.12. The highest BCUT2D eigenvalue weighted by molar-refractivity contribution is 5.93. The monoisotopic (exact) mass is 396 g/mol. The van der Waals surface area contributed by atoms with Crippen molar-refractivity contribution < 1.29 is 18.7 Å². The lowest BCUT2D eigenvalue weighted by atomic mass is 10.1. The maximum Gasteiger partial charge on any atom is 0.274 e. The third-order valence-corrected chi connectivity index (χ3v) is 5.10. The summed E-state index contributed by atoms with van der Waals surface area (Å²) in [5, 5.41) is 7.02. The number of H-pyrrole nitrogens is 1. The minimum atomic E-state index is -0.0650. The lowest BCUT2D eigenvalue weighted by molar-refractivity contribution is 0.0622. The molecule has 3 aromatic rings. The number of amides is 1. The molecule has 1 aliphatic heterocycles. The Morgan fingerprint density at radius 2 is 1.90 bits per heavy atom. The number of hydrogen-bond acceptors (Lipinski definition) is 6. The van der Waals surface area contributed by atoms with Gasteiger partial charge in [0.2, 0.25) is 0 Å². The summed E-state index contributed by atoms with van der Waals surface area (Å²) in [4.78, 5) is 16.9. The molecule has 2 aromatic heterocycles. The van der Waals surface area contributed by atoms with E-state index in [1.807, 2.05) is 29.2 Å². The molecule has 1 amide bonds. The number of piperazine rings is 1. The van der Waals surface area contributed by atoms with Crippen LogP contribution in [0.3, 0.4) is 0 Å². The molecule has 152 valence electrons. The molecule has 1 fully saturated rings. The summed E-state index contributed by atoms with van der Waals surface area (Å²) in [6.07, 6.45) is 1.59. The molecule has 1 aromatic carbocycles. The summed E-state index contributed by atoms with van der Waals surface area (Å²) < 4.78 is 16.0. The molecule has 0 saturated carbocycles. The zero-order chi connectivity index (χ0) is 20.2. The number of methoxy groups -OCH3 is 2. The van der Waals surface area contributed by atoms with Gasteiger partial charge in [-0.1, -0.05) is 6.07 Å². The first-order chi connectivity index (χ1) is 14.2. The highest BCUT2D eigenvalue weighted by Gasteiger charge is 2.24. The fourth-order valence-corrected chi connectivity index (χ4v) is 3.50. The number of furan rings is 1. The molecule has 0 bridgehead atoms. The molecular formula is C21H24N4O4. The largest absolute Gasteiger partial charge is 0.493 e. The molecule has 0 aliphatic carbocycles. The Morgan fingerprint density at radius 3 is 2.59 bits per heavy atom. The second-order valence-electron chi connectivity index (χ2n) is 6.90. The number of carbonyl (C=O) groups is 1. The molecule has 29 heavy (non-hydrogen) atoms. The number of carbonyl (C=O) groups excluding carboxylic acids is 1. The van der Waals surface area contributed by atoms with Gasteiger partial charge >= 0.3 is 0 Å². The second-order valence-corrected chi connectivity index (χ2v) is 6.90. The summed E-state index contributed by atoms with van der Waals surface area (Å²) in [6.45, 7) is 3.72. The Bertz CT molecular complexity index is 959. The second kappa shape index (κ2) is 8.40. The van der Waals surface area contributed by atoms with Crippen molar-refractivity contribution >= 4 is 5.91 Å². The normalized spacial score (nSPS) is 14.8.